The summed E-state index contributed by atoms with van der Waals surface area (Å²) in [5.41, 5.74) is 4.23. The van der Waals surface area contributed by atoms with Crippen molar-refractivity contribution >= 4 is 45.2 Å². The molecule has 0 aliphatic heterocycles. The summed E-state index contributed by atoms with van der Waals surface area (Å²) in [6.45, 7) is 2.89. The highest BCUT2D eigenvalue weighted by Gasteiger charge is 2.20. The zero-order valence-corrected chi connectivity index (χ0v) is 17.1. The van der Waals surface area contributed by atoms with E-state index in [1.54, 1.807) is 0 Å². The lowest BCUT2D eigenvalue weighted by Crippen LogP contribution is -2.01. The van der Waals surface area contributed by atoms with Gasteiger partial charge in [-0.05, 0) is 41.1 Å². The van der Waals surface area contributed by atoms with E-state index in [4.69, 9.17) is 16.7 Å². The van der Waals surface area contributed by atoms with Crippen molar-refractivity contribution in [2.45, 2.75) is 19.9 Å². The molecule has 2 heterocycles. The smallest absolute Gasteiger partial charge is 0.182 e. The maximum atomic E-state index is 6.82. The Morgan fingerprint density at radius 2 is 1.62 bits per heavy atom. The molecule has 0 bridgehead atoms. The molecule has 0 saturated carbocycles. The number of hydrogen-bond acceptors (Lipinski definition) is 3. The number of halogens is 2. The lowest BCUT2D eigenvalue weighted by Gasteiger charge is -2.05. The summed E-state index contributed by atoms with van der Waals surface area (Å²) in [7, 11) is 0. The molecule has 130 valence electrons. The van der Waals surface area contributed by atoms with Gasteiger partial charge in [-0.25, -0.2) is 4.68 Å². The third-order valence-corrected chi connectivity index (χ3v) is 5.29. The number of hydrogen-bond donors (Lipinski definition) is 0. The molecule has 4 rings (SSSR count). The van der Waals surface area contributed by atoms with E-state index in [2.05, 4.69) is 64.0 Å². The van der Waals surface area contributed by atoms with Gasteiger partial charge < -0.3 is 0 Å². The number of aromatic nitrogens is 4. The Balaban J connectivity index is 2.00. The minimum absolute atomic E-state index is 0.595. The van der Waals surface area contributed by atoms with Gasteiger partial charge in [-0.3, -0.25) is 0 Å². The molecule has 26 heavy (non-hydrogen) atoms. The Kier molecular flexibility index (Phi) is 4.91. The second kappa shape index (κ2) is 7.32. The van der Waals surface area contributed by atoms with E-state index in [1.807, 2.05) is 35.0 Å². The van der Waals surface area contributed by atoms with Crippen LogP contribution in [0.2, 0.25) is 5.02 Å². The Hall–Kier alpha value is -1.99. The van der Waals surface area contributed by atoms with Crippen molar-refractivity contribution in [1.29, 1.82) is 0 Å². The van der Waals surface area contributed by atoms with Crippen LogP contribution in [0.5, 0.6) is 0 Å². The second-order valence-corrected chi connectivity index (χ2v) is 7.63. The summed E-state index contributed by atoms with van der Waals surface area (Å²) in [6.07, 6.45) is 0.961. The van der Waals surface area contributed by atoms with Crippen LogP contribution in [-0.2, 0) is 6.54 Å². The minimum Gasteiger partial charge on any atom is -0.245 e. The molecule has 4 nitrogen and oxygen atoms in total. The number of benzene rings is 2. The Morgan fingerprint density at radius 1 is 0.923 bits per heavy atom. The van der Waals surface area contributed by atoms with Crippen LogP contribution in [0.15, 0.2) is 54.6 Å². The van der Waals surface area contributed by atoms with Crippen LogP contribution in [0.25, 0.3) is 33.5 Å². The largest absolute Gasteiger partial charge is 0.245 e. The van der Waals surface area contributed by atoms with Crippen molar-refractivity contribution in [3.05, 3.63) is 63.2 Å². The molecule has 2 aromatic carbocycles. The first kappa shape index (κ1) is 17.4. The average Bonchev–Trinajstić information content (AvgIpc) is 3.03. The molecule has 4 aromatic rings. The molecule has 0 fully saturated rings. The zero-order valence-electron chi connectivity index (χ0n) is 14.2. The zero-order chi connectivity index (χ0) is 18.1. The van der Waals surface area contributed by atoms with Gasteiger partial charge >= 0.3 is 0 Å². The van der Waals surface area contributed by atoms with E-state index in [9.17, 15) is 0 Å². The van der Waals surface area contributed by atoms with E-state index < -0.39 is 0 Å². The first-order valence-corrected chi connectivity index (χ1v) is 9.88. The van der Waals surface area contributed by atoms with Crippen LogP contribution in [-0.4, -0.2) is 20.0 Å². The quantitative estimate of drug-likeness (QED) is 0.350. The third kappa shape index (κ3) is 3.10. The van der Waals surface area contributed by atoms with Gasteiger partial charge in [-0.15, -0.1) is 10.2 Å². The summed E-state index contributed by atoms with van der Waals surface area (Å²) in [6, 6.07) is 18.2. The van der Waals surface area contributed by atoms with Crippen molar-refractivity contribution in [2.24, 2.45) is 0 Å². The van der Waals surface area contributed by atoms with Crippen LogP contribution < -0.4 is 0 Å². The van der Waals surface area contributed by atoms with Gasteiger partial charge in [0, 0.05) is 21.2 Å². The summed E-state index contributed by atoms with van der Waals surface area (Å²) in [4.78, 5) is 0. The fraction of sp³-hybridized carbons (Fsp3) is 0.150. The van der Waals surface area contributed by atoms with Gasteiger partial charge in [0.2, 0.25) is 0 Å². The van der Waals surface area contributed by atoms with Gasteiger partial charge in [-0.1, -0.05) is 61.0 Å². The van der Waals surface area contributed by atoms with E-state index in [0.29, 0.717) is 10.7 Å². The molecular weight excluding hydrogens is 459 g/mol. The highest BCUT2D eigenvalue weighted by molar-refractivity contribution is 14.1. The first-order valence-electron chi connectivity index (χ1n) is 8.43. The van der Waals surface area contributed by atoms with Gasteiger partial charge in [0.05, 0.1) is 10.4 Å². The highest BCUT2D eigenvalue weighted by atomic mass is 127. The van der Waals surface area contributed by atoms with Crippen LogP contribution in [0, 0.1) is 3.57 Å². The van der Waals surface area contributed by atoms with E-state index in [1.165, 1.54) is 3.57 Å². The molecule has 0 radical (unpaired) electrons. The normalized spacial score (nSPS) is 11.2. The van der Waals surface area contributed by atoms with Crippen molar-refractivity contribution in [3.63, 3.8) is 0 Å². The van der Waals surface area contributed by atoms with Crippen LogP contribution in [0.4, 0.5) is 0 Å². The topological polar surface area (TPSA) is 43.6 Å². The Bertz CT molecular complexity index is 1060. The van der Waals surface area contributed by atoms with E-state index in [0.717, 1.165) is 40.8 Å². The van der Waals surface area contributed by atoms with Gasteiger partial charge in [-0.2, -0.15) is 5.10 Å². The lowest BCUT2D eigenvalue weighted by molar-refractivity contribution is 0.616. The number of nitrogens with zero attached hydrogens (tertiary/aromatic N) is 4. The van der Waals surface area contributed by atoms with Crippen LogP contribution in [0.3, 0.4) is 0 Å². The predicted octanol–water partition coefficient (Wildman–Crippen LogP) is 5.83. The summed E-state index contributed by atoms with van der Waals surface area (Å²) in [5, 5.41) is 15.1. The number of rotatable bonds is 4. The van der Waals surface area contributed by atoms with Crippen molar-refractivity contribution in [3.8, 4) is 22.5 Å². The van der Waals surface area contributed by atoms with Crippen LogP contribution in [0.1, 0.15) is 13.3 Å². The lowest BCUT2D eigenvalue weighted by atomic mass is 10.1. The molecule has 0 aliphatic rings. The highest BCUT2D eigenvalue weighted by Crippen LogP contribution is 2.37. The maximum absolute atomic E-state index is 6.82. The Labute approximate surface area is 170 Å². The average molecular weight is 475 g/mol. The minimum atomic E-state index is 0.595. The van der Waals surface area contributed by atoms with Gasteiger partial charge in [0.15, 0.2) is 5.65 Å². The van der Waals surface area contributed by atoms with Gasteiger partial charge in [0.1, 0.15) is 11.4 Å². The van der Waals surface area contributed by atoms with Crippen molar-refractivity contribution < 1.29 is 0 Å². The fourth-order valence-electron chi connectivity index (χ4n) is 2.97. The molecule has 0 N–H and O–H groups in total. The van der Waals surface area contributed by atoms with Crippen molar-refractivity contribution in [1.82, 2.24) is 20.0 Å². The Morgan fingerprint density at radius 3 is 2.31 bits per heavy atom. The fourth-order valence-corrected chi connectivity index (χ4v) is 3.65. The molecule has 0 unspecified atom stereocenters. The van der Waals surface area contributed by atoms with Gasteiger partial charge in [0.25, 0.3) is 0 Å². The third-order valence-electron chi connectivity index (χ3n) is 4.20. The standard InChI is InChI=1S/C20H16ClIN4/c1-2-12-26-20-16(18(25-26)14-8-10-15(22)11-9-14)17(21)19(23-24-20)13-6-4-3-5-7-13/h3-11H,2,12H2,1H3. The maximum Gasteiger partial charge on any atom is 0.182 e. The monoisotopic (exact) mass is 474 g/mol. The number of fused-ring (bicyclic) bond motifs is 1. The SMILES string of the molecule is CCCn1nc(-c2ccc(I)cc2)c2c(Cl)c(-c3ccccc3)nnc21. The molecular formula is C20H16ClIN4. The molecule has 0 aliphatic carbocycles. The molecule has 6 heteroatoms. The summed E-state index contributed by atoms with van der Waals surface area (Å²) in [5.74, 6) is 0. The van der Waals surface area contributed by atoms with Crippen LogP contribution >= 0.6 is 34.2 Å². The summed E-state index contributed by atoms with van der Waals surface area (Å²) < 4.78 is 3.08. The first-order chi connectivity index (χ1) is 12.7. The van der Waals surface area contributed by atoms with E-state index >= 15 is 0 Å². The van der Waals surface area contributed by atoms with Crippen molar-refractivity contribution in [2.75, 3.05) is 0 Å². The molecule has 2 aromatic heterocycles. The number of aryl methyl sites for hydroxylation is 1. The second-order valence-electron chi connectivity index (χ2n) is 6.01. The summed E-state index contributed by atoms with van der Waals surface area (Å²) >= 11 is 9.12. The molecule has 0 saturated heterocycles. The molecule has 0 spiro atoms. The van der Waals surface area contributed by atoms with E-state index in [-0.39, 0.29) is 0 Å². The molecule has 0 atom stereocenters. The molecule has 0 amide bonds. The predicted molar refractivity (Wildman–Crippen MR) is 114 cm³/mol.